The highest BCUT2D eigenvalue weighted by Crippen LogP contribution is 2.30. The lowest BCUT2D eigenvalue weighted by Crippen LogP contribution is -2.06. The van der Waals surface area contributed by atoms with Crippen LogP contribution >= 0.6 is 0 Å². The Morgan fingerprint density at radius 1 is 0.895 bits per heavy atom. The zero-order valence-electron chi connectivity index (χ0n) is 10.9. The van der Waals surface area contributed by atoms with Crippen molar-refractivity contribution < 1.29 is 0 Å². The summed E-state index contributed by atoms with van der Waals surface area (Å²) in [6.07, 6.45) is 1.84. The number of hydrogen-bond acceptors (Lipinski definition) is 2. The Morgan fingerprint density at radius 3 is 2.63 bits per heavy atom. The van der Waals surface area contributed by atoms with Gasteiger partial charge in [-0.1, -0.05) is 42.5 Å². The molecular weight excluding hydrogens is 232 g/mol. The average molecular weight is 248 g/mol. The quantitative estimate of drug-likeness (QED) is 0.765. The van der Waals surface area contributed by atoms with Crippen LogP contribution in [0.25, 0.3) is 22.0 Å². The van der Waals surface area contributed by atoms with E-state index in [4.69, 9.17) is 0 Å². The molecule has 0 amide bonds. The molecule has 3 rings (SSSR count). The van der Waals surface area contributed by atoms with Crippen LogP contribution in [0.5, 0.6) is 0 Å². The Morgan fingerprint density at radius 2 is 1.74 bits per heavy atom. The van der Waals surface area contributed by atoms with Crippen LogP contribution in [0, 0.1) is 0 Å². The molecule has 0 radical (unpaired) electrons. The third-order valence-corrected chi connectivity index (χ3v) is 3.32. The van der Waals surface area contributed by atoms with E-state index in [1.807, 2.05) is 19.3 Å². The topological polar surface area (TPSA) is 24.9 Å². The van der Waals surface area contributed by atoms with Crippen LogP contribution in [0.2, 0.25) is 0 Å². The molecule has 1 aromatic heterocycles. The summed E-state index contributed by atoms with van der Waals surface area (Å²) in [7, 11) is 1.97. The Balaban J connectivity index is 2.25. The van der Waals surface area contributed by atoms with Crippen LogP contribution in [0.15, 0.2) is 60.8 Å². The highest BCUT2D eigenvalue weighted by molar-refractivity contribution is 5.95. The smallest absolute Gasteiger partial charge is 0.0708 e. The highest BCUT2D eigenvalue weighted by Gasteiger charge is 2.07. The summed E-state index contributed by atoms with van der Waals surface area (Å²) in [5.41, 5.74) is 4.87. The Bertz CT molecular complexity index is 699. The minimum absolute atomic E-state index is 0.868. The molecule has 0 unspecified atom stereocenters. The minimum atomic E-state index is 0.868. The van der Waals surface area contributed by atoms with Crippen molar-refractivity contribution >= 4 is 10.9 Å². The van der Waals surface area contributed by atoms with E-state index >= 15 is 0 Å². The van der Waals surface area contributed by atoms with Crippen LogP contribution in [0.1, 0.15) is 5.56 Å². The van der Waals surface area contributed by atoms with Crippen molar-refractivity contribution in [3.8, 4) is 11.1 Å². The molecule has 1 heterocycles. The van der Waals surface area contributed by atoms with E-state index < -0.39 is 0 Å². The van der Waals surface area contributed by atoms with Gasteiger partial charge < -0.3 is 5.32 Å². The molecule has 2 aromatic carbocycles. The normalized spacial score (nSPS) is 10.8. The van der Waals surface area contributed by atoms with Crippen molar-refractivity contribution in [3.63, 3.8) is 0 Å². The van der Waals surface area contributed by atoms with E-state index in [0.29, 0.717) is 0 Å². The van der Waals surface area contributed by atoms with Gasteiger partial charge in [0.1, 0.15) is 0 Å². The third-order valence-electron chi connectivity index (χ3n) is 3.32. The molecule has 94 valence electrons. The van der Waals surface area contributed by atoms with Crippen LogP contribution in [0.4, 0.5) is 0 Å². The summed E-state index contributed by atoms with van der Waals surface area (Å²) < 4.78 is 0. The van der Waals surface area contributed by atoms with Crippen molar-refractivity contribution in [1.29, 1.82) is 0 Å². The Labute approximate surface area is 113 Å². The maximum atomic E-state index is 4.43. The Kier molecular flexibility index (Phi) is 3.25. The molecular formula is C17H16N2. The van der Waals surface area contributed by atoms with Gasteiger partial charge in [0.15, 0.2) is 0 Å². The van der Waals surface area contributed by atoms with Crippen molar-refractivity contribution in [2.45, 2.75) is 6.54 Å². The molecule has 19 heavy (non-hydrogen) atoms. The predicted octanol–water partition coefficient (Wildman–Crippen LogP) is 3.62. The van der Waals surface area contributed by atoms with E-state index in [0.717, 1.165) is 12.1 Å². The van der Waals surface area contributed by atoms with Gasteiger partial charge in [0, 0.05) is 18.1 Å². The van der Waals surface area contributed by atoms with Gasteiger partial charge in [-0.05, 0) is 35.9 Å². The summed E-state index contributed by atoms with van der Waals surface area (Å²) >= 11 is 0. The standard InChI is InChI=1S/C17H16N2/c1-18-12-13-6-2-3-7-14(13)15-8-4-10-17-16(15)9-5-11-19-17/h2-11,18H,12H2,1H3. The first-order chi connectivity index (χ1) is 9.40. The summed E-state index contributed by atoms with van der Waals surface area (Å²) in [6.45, 7) is 0.868. The molecule has 0 fully saturated rings. The number of pyridine rings is 1. The molecule has 0 spiro atoms. The van der Waals surface area contributed by atoms with E-state index in [1.54, 1.807) is 0 Å². The Hall–Kier alpha value is -2.19. The summed E-state index contributed by atoms with van der Waals surface area (Å²) in [5, 5.41) is 4.43. The highest BCUT2D eigenvalue weighted by atomic mass is 14.8. The zero-order chi connectivity index (χ0) is 13.1. The number of fused-ring (bicyclic) bond motifs is 1. The molecule has 0 saturated heterocycles. The van der Waals surface area contributed by atoms with Crippen molar-refractivity contribution in [1.82, 2.24) is 10.3 Å². The van der Waals surface area contributed by atoms with E-state index in [9.17, 15) is 0 Å². The maximum absolute atomic E-state index is 4.43. The van der Waals surface area contributed by atoms with Crippen LogP contribution in [0.3, 0.4) is 0 Å². The number of hydrogen-bond donors (Lipinski definition) is 1. The molecule has 3 aromatic rings. The fourth-order valence-electron chi connectivity index (χ4n) is 2.47. The first-order valence-electron chi connectivity index (χ1n) is 6.47. The molecule has 0 atom stereocenters. The zero-order valence-corrected chi connectivity index (χ0v) is 10.9. The second-order valence-electron chi connectivity index (χ2n) is 4.56. The molecule has 1 N–H and O–H groups in total. The maximum Gasteiger partial charge on any atom is 0.0708 e. The van der Waals surface area contributed by atoms with Crippen LogP contribution < -0.4 is 5.32 Å². The second kappa shape index (κ2) is 5.21. The second-order valence-corrected chi connectivity index (χ2v) is 4.56. The number of rotatable bonds is 3. The van der Waals surface area contributed by atoms with E-state index in [-0.39, 0.29) is 0 Å². The summed E-state index contributed by atoms with van der Waals surface area (Å²) in [4.78, 5) is 4.43. The van der Waals surface area contributed by atoms with Gasteiger partial charge >= 0.3 is 0 Å². The molecule has 2 nitrogen and oxygen atoms in total. The molecule has 0 aliphatic heterocycles. The first kappa shape index (κ1) is 11.9. The van der Waals surface area contributed by atoms with Crippen LogP contribution in [-0.2, 0) is 6.54 Å². The third kappa shape index (κ3) is 2.23. The van der Waals surface area contributed by atoms with Crippen molar-refractivity contribution in [2.24, 2.45) is 0 Å². The lowest BCUT2D eigenvalue weighted by Gasteiger charge is -2.11. The average Bonchev–Trinajstić information content (AvgIpc) is 2.48. The van der Waals surface area contributed by atoms with Crippen molar-refractivity contribution in [3.05, 3.63) is 66.4 Å². The fourth-order valence-corrected chi connectivity index (χ4v) is 2.47. The summed E-state index contributed by atoms with van der Waals surface area (Å²) in [6, 6.07) is 18.9. The summed E-state index contributed by atoms with van der Waals surface area (Å²) in [5.74, 6) is 0. The largest absolute Gasteiger partial charge is 0.316 e. The molecule has 0 bridgehead atoms. The van der Waals surface area contributed by atoms with E-state index in [2.05, 4.69) is 58.8 Å². The van der Waals surface area contributed by atoms with Crippen LogP contribution in [-0.4, -0.2) is 12.0 Å². The van der Waals surface area contributed by atoms with E-state index in [1.165, 1.54) is 22.1 Å². The number of aromatic nitrogens is 1. The van der Waals surface area contributed by atoms with Gasteiger partial charge in [-0.2, -0.15) is 0 Å². The number of benzene rings is 2. The lowest BCUT2D eigenvalue weighted by atomic mass is 9.96. The molecule has 0 aliphatic rings. The van der Waals surface area contributed by atoms with Gasteiger partial charge in [0.25, 0.3) is 0 Å². The molecule has 0 aliphatic carbocycles. The first-order valence-corrected chi connectivity index (χ1v) is 6.47. The minimum Gasteiger partial charge on any atom is -0.316 e. The predicted molar refractivity (Wildman–Crippen MR) is 79.9 cm³/mol. The SMILES string of the molecule is CNCc1ccccc1-c1cccc2ncccc12. The van der Waals surface area contributed by atoms with Gasteiger partial charge in [0.05, 0.1) is 5.52 Å². The molecule has 2 heteroatoms. The number of nitrogens with zero attached hydrogens (tertiary/aromatic N) is 1. The van der Waals surface area contributed by atoms with Gasteiger partial charge in [-0.25, -0.2) is 0 Å². The van der Waals surface area contributed by atoms with Gasteiger partial charge in [-0.3, -0.25) is 4.98 Å². The fraction of sp³-hybridized carbons (Fsp3) is 0.118. The monoisotopic (exact) mass is 248 g/mol. The van der Waals surface area contributed by atoms with Gasteiger partial charge in [-0.15, -0.1) is 0 Å². The van der Waals surface area contributed by atoms with Crippen molar-refractivity contribution in [2.75, 3.05) is 7.05 Å². The van der Waals surface area contributed by atoms with Gasteiger partial charge in [0.2, 0.25) is 0 Å². The number of nitrogens with one attached hydrogen (secondary N) is 1. The molecule has 0 saturated carbocycles. The lowest BCUT2D eigenvalue weighted by molar-refractivity contribution is 0.819.